The summed E-state index contributed by atoms with van der Waals surface area (Å²) in [6.45, 7) is 2.01. The lowest BCUT2D eigenvalue weighted by molar-refractivity contribution is 0.0993. The van der Waals surface area contributed by atoms with Crippen LogP contribution in [0.5, 0.6) is 0 Å². The minimum Gasteiger partial charge on any atom is -0.388 e. The van der Waals surface area contributed by atoms with Crippen LogP contribution in [0.2, 0.25) is 0 Å². The van der Waals surface area contributed by atoms with Crippen LogP contribution in [0, 0.1) is 6.92 Å². The third kappa shape index (κ3) is 2.38. The Bertz CT molecular complexity index is 562. The van der Waals surface area contributed by atoms with Crippen molar-refractivity contribution in [2.24, 2.45) is 0 Å². The number of nitrogens with zero attached hydrogens (tertiary/aromatic N) is 1. The van der Waals surface area contributed by atoms with Gasteiger partial charge in [-0.2, -0.15) is 0 Å². The first-order valence-corrected chi connectivity index (χ1v) is 6.61. The zero-order chi connectivity index (χ0) is 13.1. The second kappa shape index (κ2) is 5.23. The number of hydrogen-bond acceptors (Lipinski definition) is 3. The SMILES string of the molecule is CNc1cccc(C(=O)N(C)c2sccc2C)c1. The summed E-state index contributed by atoms with van der Waals surface area (Å²) in [5, 5.41) is 6.03. The van der Waals surface area contributed by atoms with Crippen molar-refractivity contribution >= 4 is 27.9 Å². The molecule has 0 radical (unpaired) electrons. The number of rotatable bonds is 3. The minimum absolute atomic E-state index is 0.0117. The van der Waals surface area contributed by atoms with Crippen LogP contribution in [0.3, 0.4) is 0 Å². The van der Waals surface area contributed by atoms with Gasteiger partial charge in [0.2, 0.25) is 0 Å². The van der Waals surface area contributed by atoms with Gasteiger partial charge in [0.05, 0.1) is 0 Å². The quantitative estimate of drug-likeness (QED) is 0.917. The fourth-order valence-electron chi connectivity index (χ4n) is 1.80. The van der Waals surface area contributed by atoms with Gasteiger partial charge in [0, 0.05) is 25.3 Å². The van der Waals surface area contributed by atoms with E-state index in [9.17, 15) is 4.79 Å². The van der Waals surface area contributed by atoms with Crippen LogP contribution in [0.4, 0.5) is 10.7 Å². The van der Waals surface area contributed by atoms with E-state index in [-0.39, 0.29) is 5.91 Å². The summed E-state index contributed by atoms with van der Waals surface area (Å²) in [7, 11) is 3.66. The Morgan fingerprint density at radius 2 is 2.11 bits per heavy atom. The van der Waals surface area contributed by atoms with Crippen LogP contribution in [0.1, 0.15) is 15.9 Å². The standard InChI is InChI=1S/C14H16N2OS/c1-10-7-8-18-14(10)16(3)13(17)11-5-4-6-12(9-11)15-2/h4-9,15H,1-3H3. The summed E-state index contributed by atoms with van der Waals surface area (Å²) in [5.74, 6) is 0.0117. The van der Waals surface area contributed by atoms with Gasteiger partial charge >= 0.3 is 0 Å². The zero-order valence-electron chi connectivity index (χ0n) is 10.7. The van der Waals surface area contributed by atoms with Crippen molar-refractivity contribution in [2.45, 2.75) is 6.92 Å². The Hall–Kier alpha value is -1.81. The van der Waals surface area contributed by atoms with E-state index in [1.54, 1.807) is 16.2 Å². The van der Waals surface area contributed by atoms with Crippen LogP contribution < -0.4 is 10.2 Å². The largest absolute Gasteiger partial charge is 0.388 e. The van der Waals surface area contributed by atoms with Gasteiger partial charge in [-0.15, -0.1) is 11.3 Å². The van der Waals surface area contributed by atoms with E-state index < -0.39 is 0 Å². The first-order valence-electron chi connectivity index (χ1n) is 5.73. The molecule has 94 valence electrons. The van der Waals surface area contributed by atoms with E-state index in [0.717, 1.165) is 16.3 Å². The Labute approximate surface area is 111 Å². The molecule has 1 amide bonds. The Balaban J connectivity index is 2.28. The lowest BCUT2D eigenvalue weighted by Gasteiger charge is -2.17. The van der Waals surface area contributed by atoms with Crippen molar-refractivity contribution in [1.29, 1.82) is 0 Å². The molecule has 18 heavy (non-hydrogen) atoms. The molecule has 2 aromatic rings. The highest BCUT2D eigenvalue weighted by atomic mass is 32.1. The van der Waals surface area contributed by atoms with Crippen LogP contribution in [0.15, 0.2) is 35.7 Å². The van der Waals surface area contributed by atoms with E-state index >= 15 is 0 Å². The average Bonchev–Trinajstić information content (AvgIpc) is 2.83. The van der Waals surface area contributed by atoms with Gasteiger partial charge in [-0.1, -0.05) is 6.07 Å². The Morgan fingerprint density at radius 3 is 2.72 bits per heavy atom. The summed E-state index contributed by atoms with van der Waals surface area (Å²) in [6, 6.07) is 9.54. The van der Waals surface area contributed by atoms with E-state index in [0.29, 0.717) is 5.56 Å². The van der Waals surface area contributed by atoms with Gasteiger partial charge in [-0.05, 0) is 42.1 Å². The predicted molar refractivity (Wildman–Crippen MR) is 77.8 cm³/mol. The number of thiophene rings is 1. The number of aryl methyl sites for hydroxylation is 1. The fourth-order valence-corrected chi connectivity index (χ4v) is 2.70. The highest BCUT2D eigenvalue weighted by molar-refractivity contribution is 7.14. The number of nitrogens with one attached hydrogen (secondary N) is 1. The fraction of sp³-hybridized carbons (Fsp3) is 0.214. The van der Waals surface area contributed by atoms with E-state index in [1.807, 2.05) is 56.7 Å². The van der Waals surface area contributed by atoms with Gasteiger partial charge in [0.15, 0.2) is 0 Å². The molecule has 0 spiro atoms. The van der Waals surface area contributed by atoms with Crippen LogP contribution in [0.25, 0.3) is 0 Å². The van der Waals surface area contributed by atoms with E-state index in [2.05, 4.69) is 5.32 Å². The van der Waals surface area contributed by atoms with Crippen molar-refractivity contribution in [3.63, 3.8) is 0 Å². The number of hydrogen-bond donors (Lipinski definition) is 1. The highest BCUT2D eigenvalue weighted by Crippen LogP contribution is 2.27. The number of carbonyl (C=O) groups is 1. The Morgan fingerprint density at radius 1 is 1.33 bits per heavy atom. The molecule has 0 atom stereocenters. The summed E-state index contributed by atoms with van der Waals surface area (Å²) in [6.07, 6.45) is 0. The first-order chi connectivity index (χ1) is 8.63. The predicted octanol–water partition coefficient (Wildman–Crippen LogP) is 3.37. The van der Waals surface area contributed by atoms with Crippen LogP contribution in [-0.2, 0) is 0 Å². The van der Waals surface area contributed by atoms with Gasteiger partial charge in [-0.25, -0.2) is 0 Å². The molecule has 0 aliphatic rings. The second-order valence-corrected chi connectivity index (χ2v) is 5.00. The average molecular weight is 260 g/mol. The molecule has 0 aliphatic heterocycles. The molecule has 1 heterocycles. The number of anilines is 2. The van der Waals surface area contributed by atoms with Gasteiger partial charge in [0.1, 0.15) is 5.00 Å². The highest BCUT2D eigenvalue weighted by Gasteiger charge is 2.16. The van der Waals surface area contributed by atoms with Gasteiger partial charge in [0.25, 0.3) is 5.91 Å². The van der Waals surface area contributed by atoms with Crippen molar-refractivity contribution < 1.29 is 4.79 Å². The summed E-state index contributed by atoms with van der Waals surface area (Å²) in [4.78, 5) is 14.1. The summed E-state index contributed by atoms with van der Waals surface area (Å²) in [5.41, 5.74) is 2.76. The molecule has 0 aliphatic carbocycles. The van der Waals surface area contributed by atoms with Gasteiger partial charge in [-0.3, -0.25) is 4.79 Å². The summed E-state index contributed by atoms with van der Waals surface area (Å²) >= 11 is 1.58. The lowest BCUT2D eigenvalue weighted by atomic mass is 10.1. The maximum absolute atomic E-state index is 12.4. The molecule has 0 unspecified atom stereocenters. The number of amides is 1. The molecule has 0 saturated carbocycles. The molecular weight excluding hydrogens is 244 g/mol. The molecule has 1 aromatic heterocycles. The van der Waals surface area contributed by atoms with Crippen LogP contribution in [-0.4, -0.2) is 20.0 Å². The van der Waals surface area contributed by atoms with Gasteiger partial charge < -0.3 is 10.2 Å². The van der Waals surface area contributed by atoms with Crippen molar-refractivity contribution in [1.82, 2.24) is 0 Å². The summed E-state index contributed by atoms with van der Waals surface area (Å²) < 4.78 is 0. The monoisotopic (exact) mass is 260 g/mol. The normalized spacial score (nSPS) is 10.2. The van der Waals surface area contributed by atoms with Crippen molar-refractivity contribution in [3.8, 4) is 0 Å². The molecule has 0 fully saturated rings. The number of benzene rings is 1. The Kier molecular flexibility index (Phi) is 3.67. The molecule has 4 heteroatoms. The van der Waals surface area contributed by atoms with E-state index in [4.69, 9.17) is 0 Å². The zero-order valence-corrected chi connectivity index (χ0v) is 11.5. The minimum atomic E-state index is 0.0117. The molecule has 1 N–H and O–H groups in total. The van der Waals surface area contributed by atoms with Crippen molar-refractivity contribution in [3.05, 3.63) is 46.8 Å². The maximum Gasteiger partial charge on any atom is 0.258 e. The second-order valence-electron chi connectivity index (χ2n) is 4.10. The molecule has 0 bridgehead atoms. The smallest absolute Gasteiger partial charge is 0.258 e. The topological polar surface area (TPSA) is 32.3 Å². The number of carbonyl (C=O) groups excluding carboxylic acids is 1. The van der Waals surface area contributed by atoms with Crippen LogP contribution >= 0.6 is 11.3 Å². The third-order valence-corrected chi connectivity index (χ3v) is 3.93. The maximum atomic E-state index is 12.4. The molecular formula is C14H16N2OS. The third-order valence-electron chi connectivity index (χ3n) is 2.84. The van der Waals surface area contributed by atoms with Crippen molar-refractivity contribution in [2.75, 3.05) is 24.3 Å². The molecule has 2 rings (SSSR count). The molecule has 1 aromatic carbocycles. The first kappa shape index (κ1) is 12.6. The molecule has 0 saturated heterocycles. The molecule has 3 nitrogen and oxygen atoms in total. The lowest BCUT2D eigenvalue weighted by Crippen LogP contribution is -2.25. The van der Waals surface area contributed by atoms with E-state index in [1.165, 1.54) is 0 Å².